The summed E-state index contributed by atoms with van der Waals surface area (Å²) in [5.41, 5.74) is 2.32. The Morgan fingerprint density at radius 3 is 2.24 bits per heavy atom. The van der Waals surface area contributed by atoms with Gasteiger partial charge in [0.25, 0.3) is 0 Å². The van der Waals surface area contributed by atoms with Gasteiger partial charge in [-0.2, -0.15) is 0 Å². The fourth-order valence-corrected chi connectivity index (χ4v) is 5.00. The van der Waals surface area contributed by atoms with Crippen molar-refractivity contribution in [1.29, 1.82) is 0 Å². The first-order valence-electron chi connectivity index (χ1n) is 11.3. The second kappa shape index (κ2) is 10.8. The van der Waals surface area contributed by atoms with Gasteiger partial charge in [0, 0.05) is 12.6 Å². The van der Waals surface area contributed by atoms with E-state index in [4.69, 9.17) is 0 Å². The third kappa shape index (κ3) is 6.57. The van der Waals surface area contributed by atoms with Crippen molar-refractivity contribution < 1.29 is 18.0 Å². The van der Waals surface area contributed by atoms with E-state index in [-0.39, 0.29) is 25.0 Å². The van der Waals surface area contributed by atoms with E-state index in [0.717, 1.165) is 47.4 Å². The van der Waals surface area contributed by atoms with Gasteiger partial charge in [0.05, 0.1) is 11.9 Å². The first-order chi connectivity index (χ1) is 15.7. The zero-order chi connectivity index (χ0) is 24.0. The van der Waals surface area contributed by atoms with Crippen LogP contribution in [0.5, 0.6) is 0 Å². The molecule has 33 heavy (non-hydrogen) atoms. The Balaban J connectivity index is 1.87. The molecule has 0 aliphatic heterocycles. The molecule has 178 valence electrons. The molecule has 0 radical (unpaired) electrons. The van der Waals surface area contributed by atoms with E-state index < -0.39 is 22.0 Å². The summed E-state index contributed by atoms with van der Waals surface area (Å²) < 4.78 is 26.1. The topological polar surface area (TPSA) is 86.8 Å². The molecule has 7 nitrogen and oxygen atoms in total. The molecule has 1 saturated carbocycles. The standard InChI is InChI=1S/C25H33N3O4S/c1-19-11-7-8-12-21(19)17-27(20(2)25(30)26-22-13-9-10-14-22)24(29)18-28(33(3,31)32)23-15-5-4-6-16-23/h4-8,11-12,15-16,20,22H,9-10,13-14,17-18H2,1-3H3,(H,26,30)/t20-/m1/s1. The van der Waals surface area contributed by atoms with E-state index >= 15 is 0 Å². The first kappa shape index (κ1) is 24.8. The van der Waals surface area contributed by atoms with Crippen molar-refractivity contribution in [2.24, 2.45) is 0 Å². The molecular formula is C25H33N3O4S. The average Bonchev–Trinajstić information content (AvgIpc) is 3.29. The fraction of sp³-hybridized carbons (Fsp3) is 0.440. The molecule has 1 fully saturated rings. The van der Waals surface area contributed by atoms with Gasteiger partial charge in [-0.1, -0.05) is 55.3 Å². The van der Waals surface area contributed by atoms with Crippen LogP contribution in [0.25, 0.3) is 0 Å². The molecule has 0 bridgehead atoms. The number of nitrogens with zero attached hydrogens (tertiary/aromatic N) is 2. The SMILES string of the molecule is Cc1ccccc1CN(C(=O)CN(c1ccccc1)S(C)(=O)=O)[C@H](C)C(=O)NC1CCCC1. The van der Waals surface area contributed by atoms with Crippen molar-refractivity contribution in [3.05, 3.63) is 65.7 Å². The molecule has 0 unspecified atom stereocenters. The number of hydrogen-bond donors (Lipinski definition) is 1. The number of para-hydroxylation sites is 1. The third-order valence-corrected chi connectivity index (χ3v) is 7.33. The predicted molar refractivity (Wildman–Crippen MR) is 130 cm³/mol. The monoisotopic (exact) mass is 471 g/mol. The van der Waals surface area contributed by atoms with Gasteiger partial charge in [-0.25, -0.2) is 8.42 Å². The zero-order valence-electron chi connectivity index (χ0n) is 19.5. The second-order valence-electron chi connectivity index (χ2n) is 8.72. The van der Waals surface area contributed by atoms with E-state index in [1.165, 1.54) is 4.90 Å². The van der Waals surface area contributed by atoms with E-state index in [9.17, 15) is 18.0 Å². The minimum absolute atomic E-state index is 0.132. The van der Waals surface area contributed by atoms with Crippen LogP contribution in [-0.2, 0) is 26.2 Å². The highest BCUT2D eigenvalue weighted by Gasteiger charge is 2.31. The molecule has 1 N–H and O–H groups in total. The molecule has 1 aliphatic carbocycles. The number of sulfonamides is 1. The summed E-state index contributed by atoms with van der Waals surface area (Å²) in [5, 5.41) is 3.06. The van der Waals surface area contributed by atoms with Crippen LogP contribution in [0.1, 0.15) is 43.7 Å². The summed E-state index contributed by atoms with van der Waals surface area (Å²) in [6.45, 7) is 3.49. The molecule has 0 spiro atoms. The lowest BCUT2D eigenvalue weighted by Gasteiger charge is -2.32. The highest BCUT2D eigenvalue weighted by Crippen LogP contribution is 2.21. The predicted octanol–water partition coefficient (Wildman–Crippen LogP) is 3.24. The van der Waals surface area contributed by atoms with Crippen molar-refractivity contribution in [2.75, 3.05) is 17.1 Å². The first-order valence-corrected chi connectivity index (χ1v) is 13.2. The number of amides is 2. The van der Waals surface area contributed by atoms with Crippen molar-refractivity contribution >= 4 is 27.5 Å². The van der Waals surface area contributed by atoms with E-state index in [1.807, 2.05) is 31.2 Å². The summed E-state index contributed by atoms with van der Waals surface area (Å²) >= 11 is 0. The summed E-state index contributed by atoms with van der Waals surface area (Å²) in [6.07, 6.45) is 5.15. The normalized spacial score (nSPS) is 15.1. The number of carbonyl (C=O) groups excluding carboxylic acids is 2. The minimum Gasteiger partial charge on any atom is -0.352 e. The maximum atomic E-state index is 13.5. The van der Waals surface area contributed by atoms with Crippen LogP contribution in [0.4, 0.5) is 5.69 Å². The molecule has 0 aromatic heterocycles. The molecule has 2 aromatic rings. The highest BCUT2D eigenvalue weighted by atomic mass is 32.2. The molecule has 3 rings (SSSR count). The Kier molecular flexibility index (Phi) is 8.13. The van der Waals surface area contributed by atoms with Crippen molar-refractivity contribution in [3.63, 3.8) is 0 Å². The van der Waals surface area contributed by atoms with Crippen LogP contribution in [0, 0.1) is 6.92 Å². The van der Waals surface area contributed by atoms with Crippen LogP contribution >= 0.6 is 0 Å². The van der Waals surface area contributed by atoms with E-state index in [2.05, 4.69) is 5.32 Å². The smallest absolute Gasteiger partial charge is 0.244 e. The Morgan fingerprint density at radius 2 is 1.64 bits per heavy atom. The summed E-state index contributed by atoms with van der Waals surface area (Å²) in [5.74, 6) is -0.643. The van der Waals surface area contributed by atoms with Crippen LogP contribution < -0.4 is 9.62 Å². The number of carbonyl (C=O) groups is 2. The van der Waals surface area contributed by atoms with Crippen LogP contribution in [0.2, 0.25) is 0 Å². The number of aryl methyl sites for hydroxylation is 1. The molecule has 1 aliphatic rings. The number of anilines is 1. The Bertz CT molecular complexity index is 1070. The number of rotatable bonds is 9. The maximum absolute atomic E-state index is 13.5. The lowest BCUT2D eigenvalue weighted by Crippen LogP contribution is -2.52. The highest BCUT2D eigenvalue weighted by molar-refractivity contribution is 7.92. The summed E-state index contributed by atoms with van der Waals surface area (Å²) in [7, 11) is -3.71. The lowest BCUT2D eigenvalue weighted by atomic mass is 10.1. The molecule has 2 amide bonds. The lowest BCUT2D eigenvalue weighted by molar-refractivity contribution is -0.139. The van der Waals surface area contributed by atoms with Crippen LogP contribution in [-0.4, -0.2) is 50.0 Å². The van der Waals surface area contributed by atoms with E-state index in [0.29, 0.717) is 5.69 Å². The Labute approximate surface area is 196 Å². The summed E-state index contributed by atoms with van der Waals surface area (Å²) in [4.78, 5) is 28.0. The van der Waals surface area contributed by atoms with Gasteiger partial charge in [-0.3, -0.25) is 13.9 Å². The van der Waals surface area contributed by atoms with Crippen molar-refractivity contribution in [1.82, 2.24) is 10.2 Å². The third-order valence-electron chi connectivity index (χ3n) is 6.19. The van der Waals surface area contributed by atoms with Gasteiger partial charge in [0.1, 0.15) is 12.6 Å². The van der Waals surface area contributed by atoms with Gasteiger partial charge in [-0.15, -0.1) is 0 Å². The molecule has 2 aromatic carbocycles. The van der Waals surface area contributed by atoms with Crippen LogP contribution in [0.3, 0.4) is 0 Å². The summed E-state index contributed by atoms with van der Waals surface area (Å²) in [6, 6.07) is 15.6. The van der Waals surface area contributed by atoms with Crippen molar-refractivity contribution in [3.8, 4) is 0 Å². The quantitative estimate of drug-likeness (QED) is 0.608. The van der Waals surface area contributed by atoms with Gasteiger partial charge in [0.15, 0.2) is 0 Å². The molecule has 0 heterocycles. The average molecular weight is 472 g/mol. The molecule has 8 heteroatoms. The van der Waals surface area contributed by atoms with Gasteiger partial charge >= 0.3 is 0 Å². The minimum atomic E-state index is -3.71. The molecule has 0 saturated heterocycles. The molecular weight excluding hydrogens is 438 g/mol. The largest absolute Gasteiger partial charge is 0.352 e. The zero-order valence-corrected chi connectivity index (χ0v) is 20.3. The second-order valence-corrected chi connectivity index (χ2v) is 10.6. The van der Waals surface area contributed by atoms with Crippen LogP contribution in [0.15, 0.2) is 54.6 Å². The van der Waals surface area contributed by atoms with Gasteiger partial charge in [0.2, 0.25) is 21.8 Å². The maximum Gasteiger partial charge on any atom is 0.244 e. The van der Waals surface area contributed by atoms with Crippen molar-refractivity contribution in [2.45, 2.75) is 58.2 Å². The van der Waals surface area contributed by atoms with Gasteiger partial charge < -0.3 is 10.2 Å². The Morgan fingerprint density at radius 1 is 1.03 bits per heavy atom. The molecule has 1 atom stereocenters. The van der Waals surface area contributed by atoms with E-state index in [1.54, 1.807) is 37.3 Å². The fourth-order valence-electron chi connectivity index (χ4n) is 4.15. The number of benzene rings is 2. The number of hydrogen-bond acceptors (Lipinski definition) is 4. The number of nitrogens with one attached hydrogen (secondary N) is 1. The van der Waals surface area contributed by atoms with Gasteiger partial charge in [-0.05, 0) is 49.9 Å². The Hall–Kier alpha value is -2.87.